The monoisotopic (exact) mass is 327 g/mol. The third kappa shape index (κ3) is 3.68. The molecular formula is C15H25N3O3S. The molecule has 3 amide bonds. The summed E-state index contributed by atoms with van der Waals surface area (Å²) in [6, 6.07) is 0.503. The van der Waals surface area contributed by atoms with Gasteiger partial charge >= 0.3 is 6.03 Å². The van der Waals surface area contributed by atoms with Gasteiger partial charge in [-0.2, -0.15) is 11.8 Å². The summed E-state index contributed by atoms with van der Waals surface area (Å²) < 4.78 is 0. The van der Waals surface area contributed by atoms with Gasteiger partial charge in [0.25, 0.3) is 0 Å². The van der Waals surface area contributed by atoms with Crippen LogP contribution in [0.25, 0.3) is 0 Å². The van der Waals surface area contributed by atoms with E-state index >= 15 is 0 Å². The minimum absolute atomic E-state index is 0.0391. The zero-order valence-electron chi connectivity index (χ0n) is 12.8. The molecule has 7 heteroatoms. The largest absolute Gasteiger partial charge is 0.393 e. The summed E-state index contributed by atoms with van der Waals surface area (Å²) in [4.78, 5) is 25.3. The fourth-order valence-corrected chi connectivity index (χ4v) is 5.08. The van der Waals surface area contributed by atoms with Crippen LogP contribution in [0.1, 0.15) is 38.5 Å². The molecule has 3 atom stereocenters. The number of urea groups is 1. The fourth-order valence-electron chi connectivity index (χ4n) is 3.54. The van der Waals surface area contributed by atoms with Gasteiger partial charge in [-0.1, -0.05) is 6.42 Å². The third-order valence-corrected chi connectivity index (χ3v) is 6.39. The molecular weight excluding hydrogens is 302 g/mol. The normalized spacial score (nSPS) is 31.8. The molecule has 0 aromatic carbocycles. The Kier molecular flexibility index (Phi) is 5.13. The second-order valence-electron chi connectivity index (χ2n) is 6.48. The molecule has 3 fully saturated rings. The molecule has 0 bridgehead atoms. The Bertz CT molecular complexity index is 426. The van der Waals surface area contributed by atoms with Gasteiger partial charge in [0, 0.05) is 30.5 Å². The maximum atomic E-state index is 12.1. The van der Waals surface area contributed by atoms with Crippen LogP contribution in [0.15, 0.2) is 0 Å². The van der Waals surface area contributed by atoms with Gasteiger partial charge in [0.15, 0.2) is 0 Å². The van der Waals surface area contributed by atoms with E-state index in [2.05, 4.69) is 10.6 Å². The first-order chi connectivity index (χ1) is 10.6. The topological polar surface area (TPSA) is 81.7 Å². The summed E-state index contributed by atoms with van der Waals surface area (Å²) >= 11 is 1.92. The second kappa shape index (κ2) is 7.08. The minimum atomic E-state index is -0.230. The number of nitrogens with one attached hydrogen (secondary N) is 2. The van der Waals surface area contributed by atoms with Crippen molar-refractivity contribution in [1.29, 1.82) is 0 Å². The van der Waals surface area contributed by atoms with E-state index in [0.717, 1.165) is 25.0 Å². The highest BCUT2D eigenvalue weighted by molar-refractivity contribution is 8.00. The molecule has 3 rings (SSSR count). The summed E-state index contributed by atoms with van der Waals surface area (Å²) in [5, 5.41) is 15.9. The van der Waals surface area contributed by atoms with Crippen molar-refractivity contribution < 1.29 is 14.7 Å². The number of fused-ring (bicyclic) bond motifs is 1. The highest BCUT2D eigenvalue weighted by Gasteiger charge is 2.42. The van der Waals surface area contributed by atoms with Crippen LogP contribution >= 0.6 is 11.8 Å². The zero-order chi connectivity index (χ0) is 15.5. The Morgan fingerprint density at radius 3 is 2.82 bits per heavy atom. The van der Waals surface area contributed by atoms with Gasteiger partial charge in [-0.05, 0) is 25.7 Å². The number of aliphatic hydroxyl groups is 1. The van der Waals surface area contributed by atoms with Gasteiger partial charge in [0.05, 0.1) is 18.2 Å². The van der Waals surface area contributed by atoms with E-state index in [1.807, 2.05) is 16.7 Å². The van der Waals surface area contributed by atoms with Crippen LogP contribution in [0.2, 0.25) is 0 Å². The first-order valence-electron chi connectivity index (χ1n) is 8.28. The van der Waals surface area contributed by atoms with Crippen molar-refractivity contribution in [3.8, 4) is 0 Å². The maximum Gasteiger partial charge on any atom is 0.315 e. The molecule has 0 aliphatic carbocycles. The Hall–Kier alpha value is -0.950. The maximum absolute atomic E-state index is 12.1. The van der Waals surface area contributed by atoms with Crippen LogP contribution < -0.4 is 10.6 Å². The van der Waals surface area contributed by atoms with Crippen molar-refractivity contribution >= 4 is 23.7 Å². The Labute approximate surface area is 135 Å². The molecule has 22 heavy (non-hydrogen) atoms. The van der Waals surface area contributed by atoms with E-state index in [9.17, 15) is 14.7 Å². The van der Waals surface area contributed by atoms with E-state index in [4.69, 9.17) is 0 Å². The predicted molar refractivity (Wildman–Crippen MR) is 85.8 cm³/mol. The number of hydrogen-bond acceptors (Lipinski definition) is 4. The molecule has 124 valence electrons. The molecule has 0 spiro atoms. The number of piperidine rings is 1. The Morgan fingerprint density at radius 2 is 2.05 bits per heavy atom. The quantitative estimate of drug-likeness (QED) is 0.513. The van der Waals surface area contributed by atoms with Crippen LogP contribution in [0.3, 0.4) is 0 Å². The lowest BCUT2D eigenvalue weighted by Gasteiger charge is -2.29. The van der Waals surface area contributed by atoms with Gasteiger partial charge in [0.2, 0.25) is 5.91 Å². The number of thioether (sulfide) groups is 1. The molecule has 0 aromatic rings. The highest BCUT2D eigenvalue weighted by atomic mass is 32.2. The number of carbonyl (C=O) groups excluding carboxylic acids is 2. The van der Waals surface area contributed by atoms with Crippen molar-refractivity contribution in [2.75, 3.05) is 18.8 Å². The van der Waals surface area contributed by atoms with Gasteiger partial charge in [-0.3, -0.25) is 4.79 Å². The fraction of sp³-hybridized carbons (Fsp3) is 0.867. The molecule has 0 aromatic heterocycles. The van der Waals surface area contributed by atoms with Crippen LogP contribution in [0, 0.1) is 0 Å². The first-order valence-corrected chi connectivity index (χ1v) is 9.33. The molecule has 0 radical (unpaired) electrons. The minimum Gasteiger partial charge on any atom is -0.393 e. The van der Waals surface area contributed by atoms with Gasteiger partial charge < -0.3 is 20.6 Å². The SMILES string of the molecule is O=C1N[C@H]2[C@H](CS[C@H]2CCCCC(=O)N2CCC(O)CC2)N1. The van der Waals surface area contributed by atoms with Gasteiger partial charge in [-0.25, -0.2) is 4.79 Å². The van der Waals surface area contributed by atoms with Crippen molar-refractivity contribution in [2.45, 2.75) is 62.0 Å². The summed E-state index contributed by atoms with van der Waals surface area (Å²) in [7, 11) is 0. The molecule has 3 aliphatic rings. The average molecular weight is 327 g/mol. The average Bonchev–Trinajstić information content (AvgIpc) is 3.04. The van der Waals surface area contributed by atoms with Crippen LogP contribution in [-0.2, 0) is 4.79 Å². The Morgan fingerprint density at radius 1 is 1.27 bits per heavy atom. The van der Waals surface area contributed by atoms with Crippen molar-refractivity contribution in [3.05, 3.63) is 0 Å². The summed E-state index contributed by atoms with van der Waals surface area (Å²) in [5.41, 5.74) is 0. The Balaban J connectivity index is 1.32. The lowest BCUT2D eigenvalue weighted by atomic mass is 10.0. The van der Waals surface area contributed by atoms with E-state index in [0.29, 0.717) is 37.6 Å². The smallest absolute Gasteiger partial charge is 0.315 e. The number of unbranched alkanes of at least 4 members (excludes halogenated alkanes) is 1. The highest BCUT2D eigenvalue weighted by Crippen LogP contribution is 2.33. The molecule has 3 N–H and O–H groups in total. The van der Waals surface area contributed by atoms with Crippen LogP contribution in [-0.4, -0.2) is 64.2 Å². The number of aliphatic hydroxyl groups excluding tert-OH is 1. The van der Waals surface area contributed by atoms with E-state index in [1.54, 1.807) is 0 Å². The lowest BCUT2D eigenvalue weighted by Crippen LogP contribution is -2.40. The van der Waals surface area contributed by atoms with E-state index in [1.165, 1.54) is 0 Å². The van der Waals surface area contributed by atoms with Crippen molar-refractivity contribution in [1.82, 2.24) is 15.5 Å². The van der Waals surface area contributed by atoms with Gasteiger partial charge in [-0.15, -0.1) is 0 Å². The second-order valence-corrected chi connectivity index (χ2v) is 7.75. The van der Waals surface area contributed by atoms with E-state index < -0.39 is 0 Å². The number of hydrogen-bond donors (Lipinski definition) is 3. The van der Waals surface area contributed by atoms with Crippen LogP contribution in [0.4, 0.5) is 4.79 Å². The molecule has 3 aliphatic heterocycles. The standard InChI is InChI=1S/C15H25N3O3S/c19-10-5-7-18(8-6-10)13(20)4-2-1-3-12-14-11(9-22-12)16-15(21)17-14/h10-12,14,19H,1-9H2,(H2,16,17,21)/t11-,12-,14-/m0/s1. The predicted octanol–water partition coefficient (Wildman–Crippen LogP) is 0.695. The lowest BCUT2D eigenvalue weighted by molar-refractivity contribution is -0.133. The molecule has 6 nitrogen and oxygen atoms in total. The van der Waals surface area contributed by atoms with Gasteiger partial charge in [0.1, 0.15) is 0 Å². The van der Waals surface area contributed by atoms with Crippen molar-refractivity contribution in [2.24, 2.45) is 0 Å². The van der Waals surface area contributed by atoms with E-state index in [-0.39, 0.29) is 30.1 Å². The third-order valence-electron chi connectivity index (χ3n) is 4.88. The number of carbonyl (C=O) groups is 2. The number of likely N-dealkylation sites (tertiary alicyclic amines) is 1. The number of rotatable bonds is 5. The molecule has 0 saturated carbocycles. The zero-order valence-corrected chi connectivity index (χ0v) is 13.6. The summed E-state index contributed by atoms with van der Waals surface area (Å²) in [5.74, 6) is 1.21. The first kappa shape index (κ1) is 15.9. The van der Waals surface area contributed by atoms with Crippen molar-refractivity contribution in [3.63, 3.8) is 0 Å². The molecule has 3 saturated heterocycles. The number of nitrogens with zero attached hydrogens (tertiary/aromatic N) is 1. The summed E-state index contributed by atoms with van der Waals surface area (Å²) in [6.45, 7) is 1.39. The molecule has 3 heterocycles. The number of amides is 3. The molecule has 0 unspecified atom stereocenters. The van der Waals surface area contributed by atoms with Crippen LogP contribution in [0.5, 0.6) is 0 Å². The summed E-state index contributed by atoms with van der Waals surface area (Å²) in [6.07, 6.45) is 4.78.